The molecule has 1 rings (SSSR count). The minimum atomic E-state index is 0.163. The lowest BCUT2D eigenvalue weighted by molar-refractivity contribution is 0.484. The molecule has 2 nitrogen and oxygen atoms in total. The SMILES string of the molecule is CC(C)NC(CN)c1ccc(Br)c(Cl)c1. The minimum absolute atomic E-state index is 0.163. The maximum atomic E-state index is 6.04. The number of nitrogens with one attached hydrogen (secondary N) is 1. The van der Waals surface area contributed by atoms with Crippen molar-refractivity contribution in [3.63, 3.8) is 0 Å². The highest BCUT2D eigenvalue weighted by atomic mass is 79.9. The highest BCUT2D eigenvalue weighted by Crippen LogP contribution is 2.25. The maximum absolute atomic E-state index is 6.04. The van der Waals surface area contributed by atoms with E-state index in [0.29, 0.717) is 12.6 Å². The van der Waals surface area contributed by atoms with E-state index >= 15 is 0 Å². The Morgan fingerprint density at radius 2 is 2.13 bits per heavy atom. The summed E-state index contributed by atoms with van der Waals surface area (Å²) in [5.74, 6) is 0. The molecule has 15 heavy (non-hydrogen) atoms. The van der Waals surface area contributed by atoms with Crippen molar-refractivity contribution in [3.05, 3.63) is 33.3 Å². The first-order valence-corrected chi connectivity index (χ1v) is 6.12. The maximum Gasteiger partial charge on any atom is 0.0551 e. The van der Waals surface area contributed by atoms with E-state index in [4.69, 9.17) is 17.3 Å². The molecular weight excluding hydrogens is 275 g/mol. The van der Waals surface area contributed by atoms with Gasteiger partial charge in [-0.15, -0.1) is 0 Å². The third-order valence-corrected chi connectivity index (χ3v) is 3.35. The average molecular weight is 292 g/mol. The van der Waals surface area contributed by atoms with Gasteiger partial charge in [-0.05, 0) is 33.6 Å². The molecule has 0 aliphatic carbocycles. The van der Waals surface area contributed by atoms with E-state index in [0.717, 1.165) is 15.1 Å². The number of hydrogen-bond donors (Lipinski definition) is 2. The predicted octanol–water partition coefficient (Wildman–Crippen LogP) is 3.10. The van der Waals surface area contributed by atoms with E-state index in [2.05, 4.69) is 35.1 Å². The second kappa shape index (κ2) is 5.85. The fraction of sp³-hybridized carbons (Fsp3) is 0.455. The van der Waals surface area contributed by atoms with Gasteiger partial charge in [0.1, 0.15) is 0 Å². The van der Waals surface area contributed by atoms with Crippen LogP contribution in [0.2, 0.25) is 5.02 Å². The van der Waals surface area contributed by atoms with Crippen molar-refractivity contribution >= 4 is 27.5 Å². The molecule has 1 atom stereocenters. The van der Waals surface area contributed by atoms with Gasteiger partial charge in [0.25, 0.3) is 0 Å². The summed E-state index contributed by atoms with van der Waals surface area (Å²) in [6.07, 6.45) is 0. The number of rotatable bonds is 4. The molecule has 84 valence electrons. The van der Waals surface area contributed by atoms with Gasteiger partial charge < -0.3 is 11.1 Å². The first-order valence-electron chi connectivity index (χ1n) is 4.95. The zero-order valence-electron chi connectivity index (χ0n) is 8.93. The highest BCUT2D eigenvalue weighted by molar-refractivity contribution is 9.10. The molecule has 0 radical (unpaired) electrons. The van der Waals surface area contributed by atoms with Crippen LogP contribution in [0.5, 0.6) is 0 Å². The van der Waals surface area contributed by atoms with E-state index < -0.39 is 0 Å². The molecule has 0 aliphatic rings. The number of nitrogens with two attached hydrogens (primary N) is 1. The third kappa shape index (κ3) is 3.76. The molecular formula is C11H16BrClN2. The summed E-state index contributed by atoms with van der Waals surface area (Å²) in [6, 6.07) is 6.49. The van der Waals surface area contributed by atoms with Crippen molar-refractivity contribution in [2.75, 3.05) is 6.54 Å². The fourth-order valence-corrected chi connectivity index (χ4v) is 1.87. The molecule has 0 aliphatic heterocycles. The van der Waals surface area contributed by atoms with Crippen molar-refractivity contribution in [3.8, 4) is 0 Å². The van der Waals surface area contributed by atoms with Crippen molar-refractivity contribution in [2.24, 2.45) is 5.73 Å². The molecule has 3 N–H and O–H groups in total. The van der Waals surface area contributed by atoms with Gasteiger partial charge in [-0.2, -0.15) is 0 Å². The summed E-state index contributed by atoms with van der Waals surface area (Å²) >= 11 is 9.40. The molecule has 0 heterocycles. The topological polar surface area (TPSA) is 38.0 Å². The summed E-state index contributed by atoms with van der Waals surface area (Å²) in [7, 11) is 0. The van der Waals surface area contributed by atoms with E-state index in [1.807, 2.05) is 18.2 Å². The normalized spacial score (nSPS) is 13.2. The van der Waals surface area contributed by atoms with Gasteiger partial charge in [0.2, 0.25) is 0 Å². The Kier molecular flexibility index (Phi) is 5.06. The molecule has 1 aromatic rings. The Morgan fingerprint density at radius 3 is 2.60 bits per heavy atom. The molecule has 0 saturated heterocycles. The van der Waals surface area contributed by atoms with Crippen LogP contribution < -0.4 is 11.1 Å². The van der Waals surface area contributed by atoms with Gasteiger partial charge in [0.15, 0.2) is 0 Å². The van der Waals surface area contributed by atoms with Crippen molar-refractivity contribution < 1.29 is 0 Å². The van der Waals surface area contributed by atoms with Crippen LogP contribution in [-0.2, 0) is 0 Å². The predicted molar refractivity (Wildman–Crippen MR) is 69.2 cm³/mol. The highest BCUT2D eigenvalue weighted by Gasteiger charge is 2.11. The van der Waals surface area contributed by atoms with Crippen LogP contribution in [0.15, 0.2) is 22.7 Å². The van der Waals surface area contributed by atoms with Crippen LogP contribution in [0.1, 0.15) is 25.5 Å². The first kappa shape index (κ1) is 13.0. The van der Waals surface area contributed by atoms with Crippen molar-refractivity contribution in [1.82, 2.24) is 5.32 Å². The van der Waals surface area contributed by atoms with Crippen LogP contribution in [0.3, 0.4) is 0 Å². The molecule has 1 aromatic carbocycles. The summed E-state index contributed by atoms with van der Waals surface area (Å²) in [5.41, 5.74) is 6.85. The molecule has 0 fully saturated rings. The van der Waals surface area contributed by atoms with Gasteiger partial charge in [-0.1, -0.05) is 31.5 Å². The second-order valence-electron chi connectivity index (χ2n) is 3.78. The Balaban J connectivity index is 2.87. The lowest BCUT2D eigenvalue weighted by Crippen LogP contribution is -2.33. The largest absolute Gasteiger partial charge is 0.329 e. The summed E-state index contributed by atoms with van der Waals surface area (Å²) < 4.78 is 0.910. The van der Waals surface area contributed by atoms with Crippen molar-refractivity contribution in [1.29, 1.82) is 0 Å². The van der Waals surface area contributed by atoms with Crippen LogP contribution >= 0.6 is 27.5 Å². The molecule has 0 saturated carbocycles. The van der Waals surface area contributed by atoms with E-state index in [1.165, 1.54) is 0 Å². The van der Waals surface area contributed by atoms with Gasteiger partial charge >= 0.3 is 0 Å². The van der Waals surface area contributed by atoms with Gasteiger partial charge in [0.05, 0.1) is 5.02 Å². The minimum Gasteiger partial charge on any atom is -0.329 e. The molecule has 0 aromatic heterocycles. The number of halogens is 2. The lowest BCUT2D eigenvalue weighted by atomic mass is 10.1. The van der Waals surface area contributed by atoms with E-state index in [1.54, 1.807) is 0 Å². The Morgan fingerprint density at radius 1 is 1.47 bits per heavy atom. The van der Waals surface area contributed by atoms with Crippen LogP contribution in [0.25, 0.3) is 0 Å². The zero-order chi connectivity index (χ0) is 11.4. The van der Waals surface area contributed by atoms with E-state index in [-0.39, 0.29) is 6.04 Å². The Labute approximate surface area is 104 Å². The van der Waals surface area contributed by atoms with Crippen LogP contribution in [-0.4, -0.2) is 12.6 Å². The Hall–Kier alpha value is -0.0900. The smallest absolute Gasteiger partial charge is 0.0551 e. The molecule has 1 unspecified atom stereocenters. The first-order chi connectivity index (χ1) is 7.04. The summed E-state index contributed by atoms with van der Waals surface area (Å²) in [5, 5.41) is 4.11. The van der Waals surface area contributed by atoms with Crippen LogP contribution in [0, 0.1) is 0 Å². The third-order valence-electron chi connectivity index (χ3n) is 2.12. The van der Waals surface area contributed by atoms with Gasteiger partial charge in [0, 0.05) is 23.1 Å². The second-order valence-corrected chi connectivity index (χ2v) is 5.04. The van der Waals surface area contributed by atoms with Gasteiger partial charge in [-0.25, -0.2) is 0 Å². The summed E-state index contributed by atoms with van der Waals surface area (Å²) in [4.78, 5) is 0. The fourth-order valence-electron chi connectivity index (χ4n) is 1.43. The average Bonchev–Trinajstić information content (AvgIpc) is 2.18. The van der Waals surface area contributed by atoms with Crippen LogP contribution in [0.4, 0.5) is 0 Å². The Bertz CT molecular complexity index is 328. The quantitative estimate of drug-likeness (QED) is 0.894. The lowest BCUT2D eigenvalue weighted by Gasteiger charge is -2.20. The zero-order valence-corrected chi connectivity index (χ0v) is 11.3. The number of hydrogen-bond acceptors (Lipinski definition) is 2. The standard InChI is InChI=1S/C11H16BrClN2/c1-7(2)15-11(6-14)8-3-4-9(12)10(13)5-8/h3-5,7,11,15H,6,14H2,1-2H3. The number of benzene rings is 1. The summed E-state index contributed by atoms with van der Waals surface area (Å²) in [6.45, 7) is 4.77. The monoisotopic (exact) mass is 290 g/mol. The molecule has 0 bridgehead atoms. The van der Waals surface area contributed by atoms with E-state index in [9.17, 15) is 0 Å². The molecule has 4 heteroatoms. The molecule has 0 spiro atoms. The van der Waals surface area contributed by atoms with Crippen molar-refractivity contribution in [2.45, 2.75) is 25.9 Å². The van der Waals surface area contributed by atoms with Gasteiger partial charge in [-0.3, -0.25) is 0 Å². The molecule has 0 amide bonds.